The van der Waals surface area contributed by atoms with E-state index in [1.165, 1.54) is 6.07 Å². The average Bonchev–Trinajstić information content (AvgIpc) is 2.98. The number of anilines is 1. The Morgan fingerprint density at radius 1 is 1.21 bits per heavy atom. The second kappa shape index (κ2) is 9.09. The van der Waals surface area contributed by atoms with Crippen LogP contribution in [0, 0.1) is 0 Å². The van der Waals surface area contributed by atoms with E-state index >= 15 is 0 Å². The molecule has 0 unspecified atom stereocenters. The van der Waals surface area contributed by atoms with Crippen molar-refractivity contribution >= 4 is 34.4 Å². The van der Waals surface area contributed by atoms with Gasteiger partial charge in [-0.15, -0.1) is 0 Å². The molecule has 28 heavy (non-hydrogen) atoms. The van der Waals surface area contributed by atoms with Crippen LogP contribution in [0.25, 0.3) is 10.9 Å². The molecule has 1 amide bonds. The van der Waals surface area contributed by atoms with Crippen LogP contribution in [0.3, 0.4) is 0 Å². The molecule has 0 aliphatic carbocycles. The van der Waals surface area contributed by atoms with Crippen LogP contribution >= 0.6 is 11.9 Å². The quantitative estimate of drug-likeness (QED) is 0.573. The first kappa shape index (κ1) is 21.7. The van der Waals surface area contributed by atoms with Crippen LogP contribution in [-0.2, 0) is 13.2 Å². The smallest absolute Gasteiger partial charge is 0.350 e. The summed E-state index contributed by atoms with van der Waals surface area (Å²) in [5.74, 6) is -0.510. The number of pyridine rings is 1. The Morgan fingerprint density at radius 3 is 2.50 bits per heavy atom. The number of halogens is 3. The number of aryl methyl sites for hydroxylation is 1. The van der Waals surface area contributed by atoms with Crippen LogP contribution in [0.2, 0.25) is 0 Å². The van der Waals surface area contributed by atoms with Crippen molar-refractivity contribution in [1.29, 1.82) is 0 Å². The van der Waals surface area contributed by atoms with Crippen molar-refractivity contribution in [1.82, 2.24) is 14.9 Å². The number of nitrogens with two attached hydrogens (primary N) is 1. The van der Waals surface area contributed by atoms with E-state index in [-0.39, 0.29) is 5.69 Å². The van der Waals surface area contributed by atoms with Gasteiger partial charge in [-0.25, -0.2) is 0 Å². The first-order valence-corrected chi connectivity index (χ1v) is 8.98. The Bertz CT molecular complexity index is 971. The van der Waals surface area contributed by atoms with Crippen LogP contribution < -0.4 is 15.8 Å². The summed E-state index contributed by atoms with van der Waals surface area (Å²) in [4.78, 5) is 16.6. The molecule has 0 saturated carbocycles. The molecule has 0 aliphatic rings. The average molecular weight is 411 g/mol. The zero-order valence-electron chi connectivity index (χ0n) is 15.5. The van der Waals surface area contributed by atoms with Gasteiger partial charge in [-0.05, 0) is 56.4 Å². The van der Waals surface area contributed by atoms with Gasteiger partial charge < -0.3 is 15.2 Å². The number of rotatable bonds is 3. The van der Waals surface area contributed by atoms with Crippen molar-refractivity contribution in [2.75, 3.05) is 19.4 Å². The predicted molar refractivity (Wildman–Crippen MR) is 105 cm³/mol. The van der Waals surface area contributed by atoms with E-state index in [9.17, 15) is 18.0 Å². The molecule has 2 heterocycles. The Labute approximate surface area is 164 Å². The van der Waals surface area contributed by atoms with Crippen LogP contribution in [0.5, 0.6) is 0 Å². The fourth-order valence-electron chi connectivity index (χ4n) is 2.49. The van der Waals surface area contributed by atoms with Crippen molar-refractivity contribution in [3.05, 3.63) is 54.0 Å². The standard InChI is InChI=1S/C16H13F3N4OS.C2H7N/c1-23-8-12(11-7-10(25-20)2-3-13(11)23)15(24)22-9-4-5-21-14(6-9)16(17,18)19;1-3-2/h2-8H,20H2,1H3,(H,21,22,24);3H,1-2H3. The molecule has 0 atom stereocenters. The molecule has 2 aromatic heterocycles. The molecule has 0 fully saturated rings. The lowest BCUT2D eigenvalue weighted by molar-refractivity contribution is -0.141. The maximum Gasteiger partial charge on any atom is 0.433 e. The summed E-state index contributed by atoms with van der Waals surface area (Å²) in [5.41, 5.74) is 0.117. The number of hydrogen-bond donors (Lipinski definition) is 3. The number of aromatic nitrogens is 2. The number of nitrogens with zero attached hydrogens (tertiary/aromatic N) is 2. The summed E-state index contributed by atoms with van der Waals surface area (Å²) in [7, 11) is 5.53. The zero-order chi connectivity index (χ0) is 20.9. The number of carbonyl (C=O) groups excluding carboxylic acids is 1. The summed E-state index contributed by atoms with van der Waals surface area (Å²) in [6, 6.07) is 7.52. The van der Waals surface area contributed by atoms with Gasteiger partial charge in [-0.3, -0.25) is 14.9 Å². The molecular formula is C18H20F3N5OS. The van der Waals surface area contributed by atoms with Gasteiger partial charge >= 0.3 is 6.18 Å². The van der Waals surface area contributed by atoms with E-state index in [2.05, 4.69) is 15.6 Å². The zero-order valence-corrected chi connectivity index (χ0v) is 16.3. The number of carbonyl (C=O) groups is 1. The van der Waals surface area contributed by atoms with Crippen molar-refractivity contribution in [3.63, 3.8) is 0 Å². The summed E-state index contributed by atoms with van der Waals surface area (Å²) >= 11 is 1.05. The molecule has 4 N–H and O–H groups in total. The number of amides is 1. The molecule has 0 saturated heterocycles. The maximum atomic E-state index is 12.7. The molecule has 10 heteroatoms. The van der Waals surface area contributed by atoms with E-state index in [4.69, 9.17) is 5.14 Å². The highest BCUT2D eigenvalue weighted by Gasteiger charge is 2.32. The SMILES string of the molecule is CNC.Cn1cc(C(=O)Nc2ccnc(C(F)(F)F)c2)c2cc(SN)ccc21. The van der Waals surface area contributed by atoms with Gasteiger partial charge in [0.2, 0.25) is 0 Å². The van der Waals surface area contributed by atoms with Gasteiger partial charge in [0.15, 0.2) is 0 Å². The minimum atomic E-state index is -4.58. The molecule has 0 radical (unpaired) electrons. The lowest BCUT2D eigenvalue weighted by Gasteiger charge is -2.08. The van der Waals surface area contributed by atoms with Crippen LogP contribution in [0.15, 0.2) is 47.6 Å². The Kier molecular flexibility index (Phi) is 7.05. The second-order valence-electron chi connectivity index (χ2n) is 5.83. The van der Waals surface area contributed by atoms with Gasteiger partial charge in [0.25, 0.3) is 5.91 Å². The van der Waals surface area contributed by atoms with Crippen molar-refractivity contribution in [2.24, 2.45) is 12.2 Å². The maximum absolute atomic E-state index is 12.7. The third kappa shape index (κ3) is 5.03. The molecule has 6 nitrogen and oxygen atoms in total. The van der Waals surface area contributed by atoms with Crippen LogP contribution in [0.1, 0.15) is 16.1 Å². The summed E-state index contributed by atoms with van der Waals surface area (Å²) < 4.78 is 40.0. The molecule has 0 spiro atoms. The summed E-state index contributed by atoms with van der Waals surface area (Å²) in [5, 5.41) is 11.5. The van der Waals surface area contributed by atoms with Crippen molar-refractivity contribution in [3.8, 4) is 0 Å². The fourth-order valence-corrected chi connectivity index (χ4v) is 2.82. The molecule has 0 bridgehead atoms. The van der Waals surface area contributed by atoms with Gasteiger partial charge in [-0.2, -0.15) is 13.2 Å². The minimum Gasteiger partial charge on any atom is -0.350 e. The Hall–Kier alpha value is -2.56. The Balaban J connectivity index is 0.000000878. The molecule has 3 aromatic rings. The Morgan fingerprint density at radius 2 is 1.89 bits per heavy atom. The van der Waals surface area contributed by atoms with E-state index in [1.807, 2.05) is 26.2 Å². The molecule has 1 aromatic carbocycles. The molecule has 3 rings (SSSR count). The monoisotopic (exact) mass is 411 g/mol. The lowest BCUT2D eigenvalue weighted by Crippen LogP contribution is -2.13. The first-order chi connectivity index (χ1) is 13.2. The van der Waals surface area contributed by atoms with Gasteiger partial charge in [-0.1, -0.05) is 0 Å². The highest BCUT2D eigenvalue weighted by atomic mass is 32.2. The number of fused-ring (bicyclic) bond motifs is 1. The third-order valence-corrected chi connectivity index (χ3v) is 4.18. The second-order valence-corrected chi connectivity index (χ2v) is 6.54. The van der Waals surface area contributed by atoms with Crippen LogP contribution in [0.4, 0.5) is 18.9 Å². The van der Waals surface area contributed by atoms with Gasteiger partial charge in [0.05, 0.1) is 5.56 Å². The van der Waals surface area contributed by atoms with Gasteiger partial charge in [0.1, 0.15) is 5.69 Å². The highest BCUT2D eigenvalue weighted by molar-refractivity contribution is 7.97. The lowest BCUT2D eigenvalue weighted by atomic mass is 10.1. The first-order valence-electron chi connectivity index (χ1n) is 8.10. The topological polar surface area (TPSA) is 85.0 Å². The number of alkyl halides is 3. The number of hydrogen-bond acceptors (Lipinski definition) is 5. The molecule has 0 aliphatic heterocycles. The number of nitrogens with one attached hydrogen (secondary N) is 2. The normalized spacial score (nSPS) is 11.1. The fraction of sp³-hybridized carbons (Fsp3) is 0.222. The predicted octanol–water partition coefficient (Wildman–Crippen LogP) is 3.65. The third-order valence-electron chi connectivity index (χ3n) is 3.65. The summed E-state index contributed by atoms with van der Waals surface area (Å²) in [6.45, 7) is 0. The van der Waals surface area contributed by atoms with Crippen molar-refractivity contribution in [2.45, 2.75) is 11.1 Å². The summed E-state index contributed by atoms with van der Waals surface area (Å²) in [6.07, 6.45) is -1.95. The van der Waals surface area contributed by atoms with Gasteiger partial charge in [0, 0.05) is 40.9 Å². The van der Waals surface area contributed by atoms with E-state index in [0.717, 1.165) is 34.6 Å². The largest absolute Gasteiger partial charge is 0.433 e. The van der Waals surface area contributed by atoms with Crippen LogP contribution in [-0.4, -0.2) is 29.6 Å². The van der Waals surface area contributed by atoms with E-state index in [1.54, 1.807) is 23.9 Å². The minimum absolute atomic E-state index is 0.0219. The molecule has 150 valence electrons. The highest BCUT2D eigenvalue weighted by Crippen LogP contribution is 2.29. The molecular weight excluding hydrogens is 391 g/mol. The van der Waals surface area contributed by atoms with Crippen molar-refractivity contribution < 1.29 is 18.0 Å². The van der Waals surface area contributed by atoms with E-state index < -0.39 is 17.8 Å². The number of benzene rings is 1. The van der Waals surface area contributed by atoms with E-state index in [0.29, 0.717) is 10.9 Å².